The fourth-order valence-corrected chi connectivity index (χ4v) is 5.61. The summed E-state index contributed by atoms with van der Waals surface area (Å²) in [5, 5.41) is 29.9. The Morgan fingerprint density at radius 1 is 0.837 bits per heavy atom. The van der Waals surface area contributed by atoms with Crippen LogP contribution in [0.2, 0.25) is 0 Å². The first-order chi connectivity index (χ1) is 20.6. The molecule has 1 aromatic heterocycles. The summed E-state index contributed by atoms with van der Waals surface area (Å²) in [6, 6.07) is 25.4. The molecule has 226 valence electrons. The lowest BCUT2D eigenvalue weighted by molar-refractivity contribution is -0.139. The number of benzene rings is 3. The lowest BCUT2D eigenvalue weighted by Gasteiger charge is -2.23. The average Bonchev–Trinajstić information content (AvgIpc) is 3.32. The highest BCUT2D eigenvalue weighted by Gasteiger charge is 2.32. The topological polar surface area (TPSA) is 103 Å². The van der Waals surface area contributed by atoms with Crippen LogP contribution in [0.15, 0.2) is 84.9 Å². The quantitative estimate of drug-likeness (QED) is 0.170. The number of aromatic nitrogens is 1. The van der Waals surface area contributed by atoms with Gasteiger partial charge in [0.1, 0.15) is 11.5 Å². The molecule has 0 saturated carbocycles. The number of aliphatic hydroxyl groups excluding tert-OH is 2. The number of carboxylic acid groups (broad SMARTS) is 1. The second-order valence-corrected chi connectivity index (χ2v) is 11.2. The third-order valence-corrected chi connectivity index (χ3v) is 7.50. The van der Waals surface area contributed by atoms with E-state index in [2.05, 4.69) is 0 Å². The third kappa shape index (κ3) is 7.77. The molecule has 0 bridgehead atoms. The number of carbonyl (C=O) groups excluding carboxylic acids is 1. The summed E-state index contributed by atoms with van der Waals surface area (Å²) in [5.41, 5.74) is 5.34. The van der Waals surface area contributed by atoms with E-state index < -0.39 is 24.6 Å². The summed E-state index contributed by atoms with van der Waals surface area (Å²) in [7, 11) is 1.77. The van der Waals surface area contributed by atoms with E-state index in [1.165, 1.54) is 12.1 Å². The smallest absolute Gasteiger partial charge is 0.305 e. The molecule has 8 heteroatoms. The Balaban J connectivity index is 1.89. The van der Waals surface area contributed by atoms with Gasteiger partial charge in [0.05, 0.1) is 18.6 Å². The monoisotopic (exact) mass is 586 g/mol. The van der Waals surface area contributed by atoms with Crippen molar-refractivity contribution in [2.24, 2.45) is 0 Å². The number of hydrogen-bond acceptors (Lipinski definition) is 4. The van der Waals surface area contributed by atoms with Crippen LogP contribution in [-0.4, -0.2) is 55.9 Å². The molecule has 4 rings (SSSR count). The normalized spacial score (nSPS) is 12.7. The van der Waals surface area contributed by atoms with Gasteiger partial charge in [-0.1, -0.05) is 72.8 Å². The van der Waals surface area contributed by atoms with E-state index in [9.17, 15) is 24.2 Å². The molecule has 0 spiro atoms. The summed E-state index contributed by atoms with van der Waals surface area (Å²) in [5.74, 6) is -1.69. The van der Waals surface area contributed by atoms with Crippen molar-refractivity contribution in [2.75, 3.05) is 7.05 Å². The molecule has 2 atom stereocenters. The highest BCUT2D eigenvalue weighted by Crippen LogP contribution is 2.43. The largest absolute Gasteiger partial charge is 0.481 e. The van der Waals surface area contributed by atoms with E-state index in [-0.39, 0.29) is 30.6 Å². The van der Waals surface area contributed by atoms with Gasteiger partial charge in [0.2, 0.25) is 0 Å². The number of aliphatic hydroxyl groups is 2. The summed E-state index contributed by atoms with van der Waals surface area (Å²) in [6.45, 7) is 4.39. The average molecular weight is 587 g/mol. The second kappa shape index (κ2) is 14.3. The number of hydrogen-bond donors (Lipinski definition) is 3. The van der Waals surface area contributed by atoms with Crippen molar-refractivity contribution < 1.29 is 29.3 Å². The zero-order chi connectivity index (χ0) is 31.1. The molecule has 43 heavy (non-hydrogen) atoms. The van der Waals surface area contributed by atoms with E-state index in [1.54, 1.807) is 24.1 Å². The van der Waals surface area contributed by atoms with Crippen molar-refractivity contribution in [1.82, 2.24) is 9.47 Å². The standard InChI is InChI=1S/C35H39FN2O5/c1-23(2)38-30(19-18-28(39)20-29(40)21-31(41)42)32(26-14-16-27(36)17-15-26)33(25-12-8-5-9-13-25)34(38)35(43)37(3)22-24-10-6-4-7-11-24/h4-17,23,28-29,39-40H,18-22H2,1-3H3,(H,41,42)/t28-,29-/m1/s1. The number of halogens is 1. The van der Waals surface area contributed by atoms with Crippen molar-refractivity contribution in [2.45, 2.75) is 64.3 Å². The van der Waals surface area contributed by atoms with Crippen molar-refractivity contribution in [3.05, 3.63) is 108 Å². The lowest BCUT2D eigenvalue weighted by Crippen LogP contribution is -2.29. The Morgan fingerprint density at radius 2 is 1.42 bits per heavy atom. The molecule has 1 amide bonds. The first-order valence-corrected chi connectivity index (χ1v) is 14.5. The van der Waals surface area contributed by atoms with E-state index >= 15 is 0 Å². The maximum absolute atomic E-state index is 14.4. The molecule has 0 aliphatic rings. The SMILES string of the molecule is CC(C)n1c(CC[C@@H](O)C[C@@H](O)CC(=O)O)c(-c2ccc(F)cc2)c(-c2ccccc2)c1C(=O)N(C)Cc1ccccc1. The Kier molecular flexibility index (Phi) is 10.5. The summed E-state index contributed by atoms with van der Waals surface area (Å²) >= 11 is 0. The van der Waals surface area contributed by atoms with Crippen molar-refractivity contribution in [1.29, 1.82) is 0 Å². The van der Waals surface area contributed by atoms with Crippen LogP contribution >= 0.6 is 0 Å². The maximum Gasteiger partial charge on any atom is 0.305 e. The Bertz CT molecular complexity index is 1520. The number of carboxylic acids is 1. The fraction of sp³-hybridized carbons (Fsp3) is 0.314. The van der Waals surface area contributed by atoms with Crippen LogP contribution in [0.5, 0.6) is 0 Å². The summed E-state index contributed by atoms with van der Waals surface area (Å²) < 4.78 is 16.1. The van der Waals surface area contributed by atoms with Gasteiger partial charge in [0, 0.05) is 36.5 Å². The molecule has 3 aromatic carbocycles. The van der Waals surface area contributed by atoms with Gasteiger partial charge in [0.25, 0.3) is 5.91 Å². The molecule has 4 aromatic rings. The van der Waals surface area contributed by atoms with Crippen LogP contribution in [-0.2, 0) is 17.8 Å². The Labute approximate surface area is 251 Å². The predicted octanol–water partition coefficient (Wildman–Crippen LogP) is 6.33. The van der Waals surface area contributed by atoms with Gasteiger partial charge >= 0.3 is 5.97 Å². The first kappa shape index (κ1) is 31.7. The van der Waals surface area contributed by atoms with Crippen molar-refractivity contribution in [3.8, 4) is 22.3 Å². The second-order valence-electron chi connectivity index (χ2n) is 11.2. The van der Waals surface area contributed by atoms with Crippen molar-refractivity contribution in [3.63, 3.8) is 0 Å². The first-order valence-electron chi connectivity index (χ1n) is 14.5. The minimum atomic E-state index is -1.18. The van der Waals surface area contributed by atoms with Gasteiger partial charge in [0.15, 0.2) is 0 Å². The van der Waals surface area contributed by atoms with Gasteiger partial charge in [-0.25, -0.2) is 4.39 Å². The number of nitrogens with zero attached hydrogens (tertiary/aromatic N) is 2. The van der Waals surface area contributed by atoms with Crippen LogP contribution < -0.4 is 0 Å². The molecule has 0 aliphatic carbocycles. The van der Waals surface area contributed by atoms with Crippen LogP contribution in [0, 0.1) is 5.82 Å². The minimum Gasteiger partial charge on any atom is -0.481 e. The molecule has 1 heterocycles. The van der Waals surface area contributed by atoms with E-state index in [1.807, 2.05) is 79.1 Å². The summed E-state index contributed by atoms with van der Waals surface area (Å²) in [6.07, 6.45) is -2.12. The molecule has 7 nitrogen and oxygen atoms in total. The van der Waals surface area contributed by atoms with E-state index in [0.717, 1.165) is 33.5 Å². The number of amides is 1. The molecular formula is C35H39FN2O5. The fourth-order valence-electron chi connectivity index (χ4n) is 5.61. The molecule has 0 radical (unpaired) electrons. The van der Waals surface area contributed by atoms with Crippen LogP contribution in [0.3, 0.4) is 0 Å². The Morgan fingerprint density at radius 3 is 2.00 bits per heavy atom. The molecule has 0 saturated heterocycles. The van der Waals surface area contributed by atoms with Crippen LogP contribution in [0.1, 0.15) is 60.9 Å². The molecule has 3 N–H and O–H groups in total. The Hall–Kier alpha value is -4.27. The lowest BCUT2D eigenvalue weighted by atomic mass is 9.92. The van der Waals surface area contributed by atoms with Gasteiger partial charge in [-0.15, -0.1) is 0 Å². The van der Waals surface area contributed by atoms with Gasteiger partial charge in [-0.2, -0.15) is 0 Å². The maximum atomic E-state index is 14.4. The summed E-state index contributed by atoms with van der Waals surface area (Å²) in [4.78, 5) is 27.1. The zero-order valence-electron chi connectivity index (χ0n) is 24.8. The molecule has 0 aliphatic heterocycles. The zero-order valence-corrected chi connectivity index (χ0v) is 24.8. The molecule has 0 unspecified atom stereocenters. The molecule has 0 fully saturated rings. The predicted molar refractivity (Wildman–Crippen MR) is 165 cm³/mol. The third-order valence-electron chi connectivity index (χ3n) is 7.50. The van der Waals surface area contributed by atoms with Gasteiger partial charge in [-0.3, -0.25) is 9.59 Å². The van der Waals surface area contributed by atoms with Crippen LogP contribution in [0.4, 0.5) is 4.39 Å². The number of aliphatic carboxylic acids is 1. The van der Waals surface area contributed by atoms with Crippen molar-refractivity contribution >= 4 is 11.9 Å². The minimum absolute atomic E-state index is 0.0856. The highest BCUT2D eigenvalue weighted by atomic mass is 19.1. The molecular weight excluding hydrogens is 547 g/mol. The van der Waals surface area contributed by atoms with Crippen LogP contribution in [0.25, 0.3) is 22.3 Å². The van der Waals surface area contributed by atoms with Gasteiger partial charge in [-0.05, 0) is 61.9 Å². The van der Waals surface area contributed by atoms with E-state index in [0.29, 0.717) is 18.7 Å². The highest BCUT2D eigenvalue weighted by molar-refractivity contribution is 6.05. The number of rotatable bonds is 13. The van der Waals surface area contributed by atoms with Gasteiger partial charge < -0.3 is 24.8 Å². The number of carbonyl (C=O) groups is 2. The van der Waals surface area contributed by atoms with E-state index in [4.69, 9.17) is 5.11 Å².